The summed E-state index contributed by atoms with van der Waals surface area (Å²) in [5, 5.41) is 9.98. The van der Waals surface area contributed by atoms with Crippen LogP contribution >= 0.6 is 11.9 Å². The number of hydrogen-bond donors (Lipinski definition) is 3. The summed E-state index contributed by atoms with van der Waals surface area (Å²) in [5.74, 6) is 0.0878. The molecule has 2 rings (SSSR count). The molecule has 0 spiro atoms. The fraction of sp³-hybridized carbons (Fsp3) is 0.667. The second-order valence-electron chi connectivity index (χ2n) is 5.77. The largest absolute Gasteiger partial charge is 0.347 e. The summed E-state index contributed by atoms with van der Waals surface area (Å²) >= 11 is 1.24. The molecule has 1 unspecified atom stereocenters. The molecule has 0 aromatic carbocycles. The average molecular weight is 339 g/mol. The van der Waals surface area contributed by atoms with E-state index in [-0.39, 0.29) is 11.8 Å². The molecular weight excluding hydrogens is 314 g/mol. The van der Waals surface area contributed by atoms with Crippen LogP contribution in [0.5, 0.6) is 0 Å². The number of hydrogen-bond acceptors (Lipinski definition) is 5. The molecule has 1 heterocycles. The summed E-state index contributed by atoms with van der Waals surface area (Å²) in [7, 11) is 1.89. The van der Waals surface area contributed by atoms with Crippen molar-refractivity contribution in [3.05, 3.63) is 12.4 Å². The molecule has 1 aromatic rings. The number of rotatable bonds is 9. The number of nitrogens with zero attached hydrogens (tertiary/aromatic N) is 2. The van der Waals surface area contributed by atoms with E-state index < -0.39 is 6.04 Å². The lowest BCUT2D eigenvalue weighted by atomic mass is 9.83. The number of likely N-dealkylation sites (N-methyl/N-ethyl adjacent to an activating group) is 1. The number of carbonyl (C=O) groups is 2. The molecule has 8 heteroatoms. The molecule has 1 aromatic heterocycles. The second-order valence-corrected chi connectivity index (χ2v) is 6.65. The monoisotopic (exact) mass is 339 g/mol. The lowest BCUT2D eigenvalue weighted by Crippen LogP contribution is -2.47. The predicted molar refractivity (Wildman–Crippen MR) is 89.7 cm³/mol. The molecule has 128 valence electrons. The number of carbonyl (C=O) groups excluding carboxylic acids is 2. The maximum absolute atomic E-state index is 12.4. The van der Waals surface area contributed by atoms with Crippen LogP contribution in [-0.2, 0) is 16.1 Å². The van der Waals surface area contributed by atoms with Crippen molar-refractivity contribution < 1.29 is 9.59 Å². The Labute approximate surface area is 141 Å². The van der Waals surface area contributed by atoms with Gasteiger partial charge in [-0.2, -0.15) is 5.10 Å². The van der Waals surface area contributed by atoms with E-state index in [1.54, 1.807) is 6.20 Å². The molecule has 1 atom stereocenters. The van der Waals surface area contributed by atoms with Gasteiger partial charge in [0.1, 0.15) is 6.04 Å². The van der Waals surface area contributed by atoms with Crippen LogP contribution in [0.2, 0.25) is 0 Å². The van der Waals surface area contributed by atoms with E-state index in [2.05, 4.69) is 20.5 Å². The van der Waals surface area contributed by atoms with Gasteiger partial charge in [0, 0.05) is 12.7 Å². The van der Waals surface area contributed by atoms with Gasteiger partial charge in [-0.1, -0.05) is 19.3 Å². The summed E-state index contributed by atoms with van der Waals surface area (Å²) in [6.45, 7) is 1.62. The van der Waals surface area contributed by atoms with E-state index in [0.717, 1.165) is 43.7 Å². The number of nitrogens with one attached hydrogen (secondary N) is 3. The van der Waals surface area contributed by atoms with Gasteiger partial charge >= 0.3 is 0 Å². The molecule has 0 saturated heterocycles. The Morgan fingerprint density at radius 1 is 1.48 bits per heavy atom. The van der Waals surface area contributed by atoms with Crippen LogP contribution in [-0.4, -0.2) is 41.7 Å². The summed E-state index contributed by atoms with van der Waals surface area (Å²) in [4.78, 5) is 24.1. The maximum atomic E-state index is 12.4. The van der Waals surface area contributed by atoms with Gasteiger partial charge in [0.25, 0.3) is 5.91 Å². The molecule has 1 aliphatic rings. The number of aromatic nitrogens is 2. The fourth-order valence-electron chi connectivity index (χ4n) is 2.89. The smallest absolute Gasteiger partial charge is 0.252 e. The first kappa shape index (κ1) is 17.8. The van der Waals surface area contributed by atoms with Gasteiger partial charge in [-0.3, -0.25) is 19.0 Å². The van der Waals surface area contributed by atoms with Crippen LogP contribution in [0.4, 0.5) is 0 Å². The number of amides is 2. The first-order chi connectivity index (χ1) is 11.2. The SMILES string of the molecule is CNCCn1cc(SNC(=O)C(NC=O)C2CCCCC2)cn1. The lowest BCUT2D eigenvalue weighted by Gasteiger charge is -2.28. The molecule has 1 fully saturated rings. The Hall–Kier alpha value is -1.54. The van der Waals surface area contributed by atoms with Crippen molar-refractivity contribution in [3.63, 3.8) is 0 Å². The van der Waals surface area contributed by atoms with Gasteiger partial charge in [0.05, 0.1) is 17.6 Å². The predicted octanol–water partition coefficient (Wildman–Crippen LogP) is 0.921. The van der Waals surface area contributed by atoms with Crippen molar-refractivity contribution in [3.8, 4) is 0 Å². The van der Waals surface area contributed by atoms with Crippen LogP contribution in [0.3, 0.4) is 0 Å². The van der Waals surface area contributed by atoms with Crippen LogP contribution in [0.25, 0.3) is 0 Å². The summed E-state index contributed by atoms with van der Waals surface area (Å²) < 4.78 is 4.66. The second kappa shape index (κ2) is 9.57. The molecule has 23 heavy (non-hydrogen) atoms. The van der Waals surface area contributed by atoms with E-state index >= 15 is 0 Å². The lowest BCUT2D eigenvalue weighted by molar-refractivity contribution is -0.125. The van der Waals surface area contributed by atoms with Crippen molar-refractivity contribution in [1.82, 2.24) is 25.1 Å². The van der Waals surface area contributed by atoms with Crippen molar-refractivity contribution in [2.75, 3.05) is 13.6 Å². The van der Waals surface area contributed by atoms with Gasteiger partial charge in [0.2, 0.25) is 6.41 Å². The maximum Gasteiger partial charge on any atom is 0.252 e. The Morgan fingerprint density at radius 2 is 2.26 bits per heavy atom. The average Bonchev–Trinajstić information content (AvgIpc) is 3.04. The zero-order chi connectivity index (χ0) is 16.5. The molecule has 2 amide bonds. The molecule has 7 nitrogen and oxygen atoms in total. The standard InChI is InChI=1S/C15H25N5O2S/c1-16-7-8-20-10-13(9-18-20)23-19-15(22)14(17-11-21)12-5-3-2-4-6-12/h9-12,14,16H,2-8H2,1H3,(H,17,21)(H,19,22). The van der Waals surface area contributed by atoms with Crippen molar-refractivity contribution in [2.45, 2.75) is 49.6 Å². The summed E-state index contributed by atoms with van der Waals surface area (Å²) in [6, 6.07) is -0.445. The van der Waals surface area contributed by atoms with Gasteiger partial charge in [-0.25, -0.2) is 0 Å². The molecule has 3 N–H and O–H groups in total. The van der Waals surface area contributed by atoms with E-state index in [1.807, 2.05) is 17.9 Å². The minimum absolute atomic E-state index is 0.142. The highest BCUT2D eigenvalue weighted by Crippen LogP contribution is 2.27. The van der Waals surface area contributed by atoms with E-state index in [4.69, 9.17) is 0 Å². The summed E-state index contributed by atoms with van der Waals surface area (Å²) in [5.41, 5.74) is 0. The van der Waals surface area contributed by atoms with Crippen molar-refractivity contribution in [2.24, 2.45) is 5.92 Å². The van der Waals surface area contributed by atoms with E-state index in [1.165, 1.54) is 18.4 Å². The Morgan fingerprint density at radius 3 is 2.96 bits per heavy atom. The fourth-order valence-corrected chi connectivity index (χ4v) is 3.50. The minimum Gasteiger partial charge on any atom is -0.347 e. The van der Waals surface area contributed by atoms with Crippen molar-refractivity contribution in [1.29, 1.82) is 0 Å². The van der Waals surface area contributed by atoms with Gasteiger partial charge in [-0.05, 0) is 37.8 Å². The van der Waals surface area contributed by atoms with E-state index in [9.17, 15) is 9.59 Å². The summed E-state index contributed by atoms with van der Waals surface area (Å²) in [6.07, 6.45) is 9.69. The third-order valence-electron chi connectivity index (χ3n) is 4.12. The van der Waals surface area contributed by atoms with Gasteiger partial charge < -0.3 is 10.6 Å². The van der Waals surface area contributed by atoms with Crippen LogP contribution in [0, 0.1) is 5.92 Å². The normalized spacial score (nSPS) is 16.7. The molecule has 1 aliphatic carbocycles. The Kier molecular flexibility index (Phi) is 7.41. The van der Waals surface area contributed by atoms with Crippen molar-refractivity contribution >= 4 is 24.3 Å². The zero-order valence-electron chi connectivity index (χ0n) is 13.5. The third kappa shape index (κ3) is 5.54. The quantitative estimate of drug-likeness (QED) is 0.460. The highest BCUT2D eigenvalue weighted by atomic mass is 32.2. The van der Waals surface area contributed by atoms with Crippen LogP contribution in [0.1, 0.15) is 32.1 Å². The molecule has 0 aliphatic heterocycles. The molecular formula is C15H25N5O2S. The topological polar surface area (TPSA) is 88.0 Å². The zero-order valence-corrected chi connectivity index (χ0v) is 14.3. The molecule has 0 bridgehead atoms. The highest BCUT2D eigenvalue weighted by molar-refractivity contribution is 7.98. The minimum atomic E-state index is -0.445. The molecule has 0 radical (unpaired) electrons. The Balaban J connectivity index is 1.85. The first-order valence-corrected chi connectivity index (χ1v) is 8.89. The first-order valence-electron chi connectivity index (χ1n) is 8.08. The molecule has 1 saturated carbocycles. The van der Waals surface area contributed by atoms with Gasteiger partial charge in [0.15, 0.2) is 0 Å². The van der Waals surface area contributed by atoms with Crippen LogP contribution < -0.4 is 15.4 Å². The third-order valence-corrected chi connectivity index (χ3v) is 4.87. The van der Waals surface area contributed by atoms with Gasteiger partial charge in [-0.15, -0.1) is 0 Å². The van der Waals surface area contributed by atoms with E-state index in [0.29, 0.717) is 6.41 Å². The van der Waals surface area contributed by atoms with Crippen LogP contribution in [0.15, 0.2) is 17.3 Å². The Bertz CT molecular complexity index is 502. The highest BCUT2D eigenvalue weighted by Gasteiger charge is 2.29.